The molecule has 0 fully saturated rings. The second-order valence-corrected chi connectivity index (χ2v) is 9.03. The van der Waals surface area contributed by atoms with E-state index in [2.05, 4.69) is 0 Å². The molecule has 0 aliphatic carbocycles. The van der Waals surface area contributed by atoms with E-state index >= 15 is 0 Å². The maximum Gasteiger partial charge on any atom is 0.417 e. The molecule has 0 bridgehead atoms. The van der Waals surface area contributed by atoms with Crippen molar-refractivity contribution < 1.29 is 26.4 Å². The first-order chi connectivity index (χ1) is 13.4. The SMILES string of the molecule is C[C@H](C(=O)N1CCc2ccccc21)N(c1ccc(Cl)c(C(F)(F)F)c1)S(C)(=O)=O. The third kappa shape index (κ3) is 4.20. The minimum absolute atomic E-state index is 0.280. The number of para-hydroxylation sites is 1. The lowest BCUT2D eigenvalue weighted by Gasteiger charge is -2.31. The van der Waals surface area contributed by atoms with E-state index in [1.54, 1.807) is 12.1 Å². The van der Waals surface area contributed by atoms with Crippen molar-refractivity contribution >= 4 is 38.9 Å². The van der Waals surface area contributed by atoms with Gasteiger partial charge < -0.3 is 4.90 Å². The summed E-state index contributed by atoms with van der Waals surface area (Å²) in [6.07, 6.45) is -3.30. The molecule has 10 heteroatoms. The standard InChI is InChI=1S/C19H18ClF3N2O3S/c1-12(18(26)24-10-9-13-5-3-4-6-17(13)24)25(29(2,27)28)14-7-8-16(20)15(11-14)19(21,22)23/h3-8,11-12H,9-10H2,1-2H3/t12-/m1/s1. The maximum atomic E-state index is 13.2. The fourth-order valence-electron chi connectivity index (χ4n) is 3.46. The fraction of sp³-hybridized carbons (Fsp3) is 0.316. The van der Waals surface area contributed by atoms with Crippen molar-refractivity contribution in [1.82, 2.24) is 0 Å². The normalized spacial score (nSPS) is 15.2. The molecule has 0 radical (unpaired) electrons. The summed E-state index contributed by atoms with van der Waals surface area (Å²) in [6, 6.07) is 8.74. The van der Waals surface area contributed by atoms with Gasteiger partial charge in [0.05, 0.1) is 22.5 Å². The van der Waals surface area contributed by atoms with Crippen LogP contribution >= 0.6 is 11.6 Å². The van der Waals surface area contributed by atoms with Crippen molar-refractivity contribution in [1.29, 1.82) is 0 Å². The van der Waals surface area contributed by atoms with Crippen molar-refractivity contribution in [3.63, 3.8) is 0 Å². The number of rotatable bonds is 4. The third-order valence-corrected chi connectivity index (χ3v) is 6.30. The first kappa shape index (κ1) is 21.4. The summed E-state index contributed by atoms with van der Waals surface area (Å²) in [5.41, 5.74) is 0.170. The number of carbonyl (C=O) groups is 1. The quantitative estimate of drug-likeness (QED) is 0.710. The van der Waals surface area contributed by atoms with Gasteiger partial charge in [0.2, 0.25) is 10.0 Å². The number of carbonyl (C=O) groups excluding carboxylic acids is 1. The number of hydrogen-bond acceptors (Lipinski definition) is 3. The molecule has 3 rings (SSSR count). The summed E-state index contributed by atoms with van der Waals surface area (Å²) in [5.74, 6) is -0.524. The number of hydrogen-bond donors (Lipinski definition) is 0. The van der Waals surface area contributed by atoms with E-state index in [0.717, 1.165) is 24.0 Å². The third-order valence-electron chi connectivity index (χ3n) is 4.73. The summed E-state index contributed by atoms with van der Waals surface area (Å²) in [7, 11) is -4.07. The van der Waals surface area contributed by atoms with Crippen LogP contribution in [0.4, 0.5) is 24.5 Å². The summed E-state index contributed by atoms with van der Waals surface area (Å²) in [5, 5.41) is -0.554. The second-order valence-electron chi connectivity index (χ2n) is 6.77. The highest BCUT2D eigenvalue weighted by atomic mass is 35.5. The second kappa shape index (κ2) is 7.53. The van der Waals surface area contributed by atoms with Gasteiger partial charge in [-0.15, -0.1) is 0 Å². The van der Waals surface area contributed by atoms with Crippen LogP contribution in [-0.4, -0.2) is 33.2 Å². The number of alkyl halides is 3. The van der Waals surface area contributed by atoms with E-state index in [4.69, 9.17) is 11.6 Å². The molecule has 1 aliphatic rings. The van der Waals surface area contributed by atoms with Gasteiger partial charge in [-0.25, -0.2) is 8.42 Å². The van der Waals surface area contributed by atoms with Crippen molar-refractivity contribution in [2.45, 2.75) is 25.6 Å². The van der Waals surface area contributed by atoms with Crippen LogP contribution in [0.3, 0.4) is 0 Å². The molecule has 0 unspecified atom stereocenters. The van der Waals surface area contributed by atoms with Gasteiger partial charge in [0, 0.05) is 12.2 Å². The number of fused-ring (bicyclic) bond motifs is 1. The predicted octanol–water partition coefficient (Wildman–Crippen LogP) is 4.10. The smallest absolute Gasteiger partial charge is 0.310 e. The van der Waals surface area contributed by atoms with Gasteiger partial charge in [0.25, 0.3) is 5.91 Å². The van der Waals surface area contributed by atoms with E-state index in [1.807, 2.05) is 12.1 Å². The van der Waals surface area contributed by atoms with Crippen LogP contribution in [0, 0.1) is 0 Å². The van der Waals surface area contributed by atoms with Crippen molar-refractivity contribution in [3.05, 3.63) is 58.6 Å². The summed E-state index contributed by atoms with van der Waals surface area (Å²) in [6.45, 7) is 1.72. The Morgan fingerprint density at radius 3 is 2.48 bits per heavy atom. The van der Waals surface area contributed by atoms with Crippen LogP contribution in [0.1, 0.15) is 18.1 Å². The molecule has 1 atom stereocenters. The average molecular weight is 447 g/mol. The Balaban J connectivity index is 2.02. The minimum Gasteiger partial charge on any atom is -0.310 e. The molecule has 0 spiro atoms. The van der Waals surface area contributed by atoms with Crippen LogP contribution < -0.4 is 9.21 Å². The van der Waals surface area contributed by atoms with E-state index in [9.17, 15) is 26.4 Å². The highest BCUT2D eigenvalue weighted by Gasteiger charge is 2.38. The van der Waals surface area contributed by atoms with Crippen LogP contribution in [-0.2, 0) is 27.4 Å². The van der Waals surface area contributed by atoms with Crippen molar-refractivity contribution in [2.75, 3.05) is 22.0 Å². The Labute approximate surface area is 171 Å². The number of benzene rings is 2. The van der Waals surface area contributed by atoms with Gasteiger partial charge in [-0.2, -0.15) is 13.2 Å². The fourth-order valence-corrected chi connectivity index (χ4v) is 4.85. The molecule has 1 aliphatic heterocycles. The molecule has 0 N–H and O–H groups in total. The van der Waals surface area contributed by atoms with Crippen LogP contribution in [0.15, 0.2) is 42.5 Å². The molecule has 0 saturated heterocycles. The van der Waals surface area contributed by atoms with Crippen LogP contribution in [0.5, 0.6) is 0 Å². The Morgan fingerprint density at radius 2 is 1.86 bits per heavy atom. The average Bonchev–Trinajstić information content (AvgIpc) is 3.04. The Bertz CT molecular complexity index is 1060. The first-order valence-electron chi connectivity index (χ1n) is 8.66. The monoisotopic (exact) mass is 446 g/mol. The van der Waals surface area contributed by atoms with Gasteiger partial charge >= 0.3 is 6.18 Å². The van der Waals surface area contributed by atoms with Crippen LogP contribution in [0.25, 0.3) is 0 Å². The van der Waals surface area contributed by atoms with Gasteiger partial charge in [-0.05, 0) is 43.2 Å². The maximum absolute atomic E-state index is 13.2. The van der Waals surface area contributed by atoms with Gasteiger partial charge in [-0.1, -0.05) is 29.8 Å². The van der Waals surface area contributed by atoms with Crippen LogP contribution in [0.2, 0.25) is 5.02 Å². The molecule has 0 saturated carbocycles. The molecule has 5 nitrogen and oxygen atoms in total. The molecule has 2 aromatic rings. The summed E-state index contributed by atoms with van der Waals surface area (Å²) in [4.78, 5) is 14.5. The summed E-state index contributed by atoms with van der Waals surface area (Å²) < 4.78 is 65.2. The minimum atomic E-state index is -4.77. The number of nitrogens with zero attached hydrogens (tertiary/aromatic N) is 2. The lowest BCUT2D eigenvalue weighted by molar-refractivity contribution is -0.137. The zero-order valence-electron chi connectivity index (χ0n) is 15.6. The van der Waals surface area contributed by atoms with Crippen molar-refractivity contribution in [3.8, 4) is 0 Å². The van der Waals surface area contributed by atoms with E-state index < -0.39 is 38.7 Å². The first-order valence-corrected chi connectivity index (χ1v) is 10.9. The Kier molecular flexibility index (Phi) is 5.57. The highest BCUT2D eigenvalue weighted by Crippen LogP contribution is 2.38. The van der Waals surface area contributed by atoms with Gasteiger partial charge in [-0.3, -0.25) is 9.10 Å². The van der Waals surface area contributed by atoms with Gasteiger partial charge in [0.15, 0.2) is 0 Å². The zero-order valence-corrected chi connectivity index (χ0v) is 17.1. The molecule has 29 heavy (non-hydrogen) atoms. The predicted molar refractivity (Wildman–Crippen MR) is 106 cm³/mol. The largest absolute Gasteiger partial charge is 0.417 e. The number of anilines is 2. The zero-order chi connectivity index (χ0) is 21.6. The molecule has 0 aromatic heterocycles. The lowest BCUT2D eigenvalue weighted by Crippen LogP contribution is -2.49. The summed E-state index contributed by atoms with van der Waals surface area (Å²) >= 11 is 5.64. The number of halogens is 4. The highest BCUT2D eigenvalue weighted by molar-refractivity contribution is 7.92. The molecule has 1 amide bonds. The number of amides is 1. The molecule has 1 heterocycles. The molecular weight excluding hydrogens is 429 g/mol. The van der Waals surface area contributed by atoms with E-state index in [0.29, 0.717) is 29.0 Å². The lowest BCUT2D eigenvalue weighted by atomic mass is 10.1. The topological polar surface area (TPSA) is 57.7 Å². The molecule has 156 valence electrons. The molecular formula is C19H18ClF3N2O3S. The van der Waals surface area contributed by atoms with Crippen molar-refractivity contribution in [2.24, 2.45) is 0 Å². The Hall–Kier alpha value is -2.26. The van der Waals surface area contributed by atoms with Gasteiger partial charge in [0.1, 0.15) is 6.04 Å². The Morgan fingerprint density at radius 1 is 1.21 bits per heavy atom. The van der Waals surface area contributed by atoms with E-state index in [1.165, 1.54) is 11.8 Å². The molecule has 2 aromatic carbocycles. The number of sulfonamides is 1. The van der Waals surface area contributed by atoms with E-state index in [-0.39, 0.29) is 5.69 Å².